The van der Waals surface area contributed by atoms with Gasteiger partial charge in [0.2, 0.25) is 0 Å². The number of carbonyl (C=O) groups is 1. The van der Waals surface area contributed by atoms with Gasteiger partial charge in [-0.05, 0) is 53.3 Å². The van der Waals surface area contributed by atoms with Crippen molar-refractivity contribution in [3.05, 3.63) is 81.8 Å². The van der Waals surface area contributed by atoms with Gasteiger partial charge >= 0.3 is 0 Å². The summed E-state index contributed by atoms with van der Waals surface area (Å²) in [6.07, 6.45) is 2.94. The van der Waals surface area contributed by atoms with Crippen molar-refractivity contribution in [3.8, 4) is 11.5 Å². The van der Waals surface area contributed by atoms with Crippen LogP contribution < -0.4 is 20.1 Å². The Kier molecular flexibility index (Phi) is 7.67. The summed E-state index contributed by atoms with van der Waals surface area (Å²) in [5, 5.41) is 16.9. The first kappa shape index (κ1) is 24.8. The molecule has 192 valence electrons. The summed E-state index contributed by atoms with van der Waals surface area (Å²) in [5.41, 5.74) is 4.99. The van der Waals surface area contributed by atoms with Crippen LogP contribution in [0.2, 0.25) is 0 Å². The van der Waals surface area contributed by atoms with Crippen LogP contribution in [0.5, 0.6) is 11.5 Å². The van der Waals surface area contributed by atoms with E-state index in [-0.39, 0.29) is 5.91 Å². The fraction of sp³-hybridized carbons (Fsp3) is 0.296. The van der Waals surface area contributed by atoms with Crippen LogP contribution in [0.4, 0.5) is 11.4 Å². The van der Waals surface area contributed by atoms with Crippen molar-refractivity contribution in [1.82, 2.24) is 19.9 Å². The van der Waals surface area contributed by atoms with Gasteiger partial charge in [-0.15, -0.1) is 16.4 Å². The lowest BCUT2D eigenvalue weighted by Gasteiger charge is -2.29. The second kappa shape index (κ2) is 11.4. The smallest absolute Gasteiger partial charge is 0.265 e. The number of fused-ring (bicyclic) bond motifs is 1. The van der Waals surface area contributed by atoms with Crippen LogP contribution in [0.15, 0.2) is 60.1 Å². The molecule has 0 bridgehead atoms. The Morgan fingerprint density at radius 1 is 1.03 bits per heavy atom. The topological polar surface area (TPSA) is 93.5 Å². The quantitative estimate of drug-likeness (QED) is 0.324. The monoisotopic (exact) mass is 518 g/mol. The first-order chi connectivity index (χ1) is 18.1. The number of rotatable bonds is 10. The van der Waals surface area contributed by atoms with Gasteiger partial charge in [0.05, 0.1) is 49.8 Å². The van der Waals surface area contributed by atoms with E-state index in [0.717, 1.165) is 61.2 Å². The van der Waals surface area contributed by atoms with Gasteiger partial charge in [-0.3, -0.25) is 14.4 Å². The number of nitrogens with zero attached hydrogens (tertiary/aromatic N) is 4. The van der Waals surface area contributed by atoms with Gasteiger partial charge in [0.15, 0.2) is 11.5 Å². The molecule has 1 amide bonds. The molecule has 10 heteroatoms. The molecule has 2 aromatic heterocycles. The third-order valence-electron chi connectivity index (χ3n) is 6.41. The van der Waals surface area contributed by atoms with Crippen LogP contribution >= 0.6 is 11.3 Å². The summed E-state index contributed by atoms with van der Waals surface area (Å²) in [6.45, 7) is 3.99. The molecule has 0 radical (unpaired) electrons. The number of methoxy groups -OCH3 is 2. The minimum Gasteiger partial charge on any atom is -0.493 e. The number of amides is 1. The van der Waals surface area contributed by atoms with Gasteiger partial charge in [0, 0.05) is 19.6 Å². The maximum atomic E-state index is 12.5. The Balaban J connectivity index is 1.14. The molecule has 9 nitrogen and oxygen atoms in total. The van der Waals surface area contributed by atoms with Gasteiger partial charge in [-0.1, -0.05) is 23.4 Å². The molecule has 0 aliphatic carbocycles. The van der Waals surface area contributed by atoms with E-state index >= 15 is 0 Å². The lowest BCUT2D eigenvalue weighted by Crippen LogP contribution is -2.33. The maximum Gasteiger partial charge on any atom is 0.265 e. The van der Waals surface area contributed by atoms with Crippen molar-refractivity contribution in [2.45, 2.75) is 26.1 Å². The molecule has 5 rings (SSSR count). The minimum absolute atomic E-state index is 0.117. The van der Waals surface area contributed by atoms with E-state index in [1.165, 1.54) is 22.5 Å². The van der Waals surface area contributed by atoms with E-state index in [4.69, 9.17) is 9.47 Å². The van der Waals surface area contributed by atoms with E-state index in [0.29, 0.717) is 11.4 Å². The number of nitrogens with one attached hydrogen (secondary N) is 2. The molecule has 3 heterocycles. The zero-order chi connectivity index (χ0) is 25.6. The van der Waals surface area contributed by atoms with Crippen molar-refractivity contribution in [1.29, 1.82) is 0 Å². The summed E-state index contributed by atoms with van der Waals surface area (Å²) < 4.78 is 12.8. The number of hydrogen-bond donors (Lipinski definition) is 2. The number of benzene rings is 2. The molecule has 2 N–H and O–H groups in total. The van der Waals surface area contributed by atoms with Crippen LogP contribution in [0.3, 0.4) is 0 Å². The van der Waals surface area contributed by atoms with Crippen LogP contribution in [0, 0.1) is 0 Å². The lowest BCUT2D eigenvalue weighted by atomic mass is 9.99. The van der Waals surface area contributed by atoms with Crippen molar-refractivity contribution in [2.24, 2.45) is 0 Å². The first-order valence-corrected chi connectivity index (χ1v) is 13.0. The summed E-state index contributed by atoms with van der Waals surface area (Å²) in [5.74, 6) is 1.43. The fourth-order valence-corrected chi connectivity index (χ4v) is 5.05. The molecule has 0 saturated heterocycles. The minimum atomic E-state index is -0.117. The fourth-order valence-electron chi connectivity index (χ4n) is 4.43. The third-order valence-corrected chi connectivity index (χ3v) is 7.28. The average Bonchev–Trinajstić information content (AvgIpc) is 3.63. The number of aromatic nitrogens is 3. The Labute approximate surface area is 220 Å². The predicted molar refractivity (Wildman–Crippen MR) is 145 cm³/mol. The summed E-state index contributed by atoms with van der Waals surface area (Å²) in [6, 6.07) is 15.5. The number of thiophene rings is 1. The third kappa shape index (κ3) is 5.92. The van der Waals surface area contributed by atoms with Crippen molar-refractivity contribution < 1.29 is 14.3 Å². The van der Waals surface area contributed by atoms with Gasteiger partial charge in [0.25, 0.3) is 5.91 Å². The molecule has 1 aliphatic heterocycles. The van der Waals surface area contributed by atoms with Gasteiger partial charge in [-0.25, -0.2) is 0 Å². The highest BCUT2D eigenvalue weighted by atomic mass is 32.1. The molecule has 4 aromatic rings. The van der Waals surface area contributed by atoms with Gasteiger partial charge in [-0.2, -0.15) is 0 Å². The zero-order valence-electron chi connectivity index (χ0n) is 20.9. The Hall–Kier alpha value is -3.89. The second-order valence-electron chi connectivity index (χ2n) is 8.81. The summed E-state index contributed by atoms with van der Waals surface area (Å²) in [7, 11) is 3.34. The molecule has 0 fully saturated rings. The Bertz CT molecular complexity index is 1350. The van der Waals surface area contributed by atoms with Crippen LogP contribution in [0.25, 0.3) is 0 Å². The number of carbonyl (C=O) groups excluding carboxylic acids is 1. The molecule has 0 atom stereocenters. The molecule has 0 spiro atoms. The average molecular weight is 519 g/mol. The molecular formula is C27H30N6O3S. The number of anilines is 2. The van der Waals surface area contributed by atoms with Crippen molar-refractivity contribution in [2.75, 3.05) is 37.9 Å². The molecular weight excluding hydrogens is 488 g/mol. The Morgan fingerprint density at radius 2 is 1.81 bits per heavy atom. The SMILES string of the molecule is COc1cc2c(cc1OC)CN(CCn1cc(CNc3ccccc3NC(=O)c3cccs3)nn1)CC2. The highest BCUT2D eigenvalue weighted by molar-refractivity contribution is 7.12. The maximum absolute atomic E-state index is 12.5. The standard InChI is InChI=1S/C27H30N6O3S/c1-35-24-14-19-9-10-32(17-20(19)15-25(24)36-2)11-12-33-18-21(30-31-33)16-28-22-6-3-4-7-23(22)29-27(34)26-8-5-13-37-26/h3-8,13-15,18,28H,9-12,16-17H2,1-2H3,(H,29,34). The van der Waals surface area contributed by atoms with Crippen LogP contribution in [0.1, 0.15) is 26.5 Å². The summed E-state index contributed by atoms with van der Waals surface area (Å²) >= 11 is 1.42. The Morgan fingerprint density at radius 3 is 2.57 bits per heavy atom. The van der Waals surface area contributed by atoms with Gasteiger partial charge < -0.3 is 20.1 Å². The highest BCUT2D eigenvalue weighted by Gasteiger charge is 2.19. The largest absolute Gasteiger partial charge is 0.493 e. The van der Waals surface area contributed by atoms with Crippen molar-refractivity contribution >= 4 is 28.6 Å². The van der Waals surface area contributed by atoms with Crippen molar-refractivity contribution in [3.63, 3.8) is 0 Å². The number of hydrogen-bond acceptors (Lipinski definition) is 8. The molecule has 37 heavy (non-hydrogen) atoms. The van der Waals surface area contributed by atoms with E-state index in [1.54, 1.807) is 14.2 Å². The van der Waals surface area contributed by atoms with Crippen LogP contribution in [-0.4, -0.2) is 53.1 Å². The summed E-state index contributed by atoms with van der Waals surface area (Å²) in [4.78, 5) is 15.6. The van der Waals surface area contributed by atoms with E-state index in [1.807, 2.05) is 52.7 Å². The normalized spacial score (nSPS) is 13.1. The highest BCUT2D eigenvalue weighted by Crippen LogP contribution is 2.33. The van der Waals surface area contributed by atoms with E-state index in [2.05, 4.69) is 38.0 Å². The second-order valence-corrected chi connectivity index (χ2v) is 9.75. The van der Waals surface area contributed by atoms with E-state index in [9.17, 15) is 4.79 Å². The predicted octanol–water partition coefficient (Wildman–Crippen LogP) is 4.28. The van der Waals surface area contributed by atoms with E-state index < -0.39 is 0 Å². The zero-order valence-corrected chi connectivity index (χ0v) is 21.8. The number of para-hydroxylation sites is 2. The molecule has 0 saturated carbocycles. The number of ether oxygens (including phenoxy) is 2. The molecule has 2 aromatic carbocycles. The van der Waals surface area contributed by atoms with Gasteiger partial charge in [0.1, 0.15) is 5.69 Å². The molecule has 1 aliphatic rings. The first-order valence-electron chi connectivity index (χ1n) is 12.2. The van der Waals surface area contributed by atoms with Crippen LogP contribution in [-0.2, 0) is 26.1 Å². The molecule has 0 unspecified atom stereocenters. The lowest BCUT2D eigenvalue weighted by molar-refractivity contribution is 0.103.